The smallest absolute Gasteiger partial charge is 0.322 e. The maximum absolute atomic E-state index is 11.8. The molecule has 0 aromatic heterocycles. The van der Waals surface area contributed by atoms with Crippen molar-refractivity contribution in [3.63, 3.8) is 0 Å². The van der Waals surface area contributed by atoms with E-state index in [9.17, 15) is 9.59 Å². The number of carboxylic acids is 1. The summed E-state index contributed by atoms with van der Waals surface area (Å²) in [5.41, 5.74) is 1.60. The second-order valence-electron chi connectivity index (χ2n) is 5.88. The van der Waals surface area contributed by atoms with Crippen LogP contribution in [0.1, 0.15) is 15.9 Å². The van der Waals surface area contributed by atoms with Crippen LogP contribution in [0.2, 0.25) is 0 Å². The van der Waals surface area contributed by atoms with Gasteiger partial charge in [-0.1, -0.05) is 42.5 Å². The van der Waals surface area contributed by atoms with E-state index in [4.69, 9.17) is 9.84 Å². The third-order valence-corrected chi connectivity index (χ3v) is 3.99. The number of carboxylic acid groups (broad SMARTS) is 1. The molecular weight excluding hydrogens is 330 g/mol. The van der Waals surface area contributed by atoms with Crippen molar-refractivity contribution in [2.45, 2.75) is 6.42 Å². The summed E-state index contributed by atoms with van der Waals surface area (Å²) >= 11 is 0. The zero-order chi connectivity index (χ0) is 18.4. The average Bonchev–Trinajstić information content (AvgIpc) is 2.66. The van der Waals surface area contributed by atoms with Gasteiger partial charge >= 0.3 is 5.97 Å². The van der Waals surface area contributed by atoms with Gasteiger partial charge < -0.3 is 15.2 Å². The second kappa shape index (κ2) is 8.16. The van der Waals surface area contributed by atoms with E-state index < -0.39 is 18.4 Å². The lowest BCUT2D eigenvalue weighted by molar-refractivity contribution is -0.135. The van der Waals surface area contributed by atoms with Gasteiger partial charge in [-0.15, -0.1) is 0 Å². The predicted molar refractivity (Wildman–Crippen MR) is 99.6 cm³/mol. The minimum absolute atomic E-state index is 0.396. The Bertz CT molecular complexity index is 919. The van der Waals surface area contributed by atoms with E-state index in [1.165, 1.54) is 16.3 Å². The van der Waals surface area contributed by atoms with Gasteiger partial charge in [-0.25, -0.2) is 0 Å². The maximum atomic E-state index is 11.8. The molecule has 0 unspecified atom stereocenters. The Labute approximate surface area is 151 Å². The van der Waals surface area contributed by atoms with E-state index >= 15 is 0 Å². The molecule has 0 aliphatic carbocycles. The number of amides is 1. The summed E-state index contributed by atoms with van der Waals surface area (Å²) in [6.45, 7) is 0.131. The molecule has 0 aliphatic heterocycles. The van der Waals surface area contributed by atoms with Gasteiger partial charge in [0, 0.05) is 12.0 Å². The van der Waals surface area contributed by atoms with Gasteiger partial charge in [-0.05, 0) is 40.6 Å². The number of hydrogen-bond acceptors (Lipinski definition) is 3. The molecule has 0 aliphatic rings. The van der Waals surface area contributed by atoms with Crippen LogP contribution in [-0.2, 0) is 11.2 Å². The SMILES string of the molecule is O=C(O)CNC(=O)c1ccc(OCCc2ccc3ccccc3c2)cc1. The predicted octanol–water partition coefficient (Wildman–Crippen LogP) is 3.28. The van der Waals surface area contributed by atoms with E-state index in [0.717, 1.165) is 6.42 Å². The van der Waals surface area contributed by atoms with Crippen molar-refractivity contribution in [3.05, 3.63) is 77.9 Å². The third-order valence-electron chi connectivity index (χ3n) is 3.99. The Kier molecular flexibility index (Phi) is 5.49. The summed E-state index contributed by atoms with van der Waals surface area (Å²) in [7, 11) is 0. The Morgan fingerprint density at radius 1 is 0.923 bits per heavy atom. The van der Waals surface area contributed by atoms with E-state index in [-0.39, 0.29) is 0 Å². The lowest BCUT2D eigenvalue weighted by atomic mass is 10.1. The van der Waals surface area contributed by atoms with E-state index in [2.05, 4.69) is 35.6 Å². The highest BCUT2D eigenvalue weighted by molar-refractivity contribution is 5.95. The maximum Gasteiger partial charge on any atom is 0.322 e. The lowest BCUT2D eigenvalue weighted by Gasteiger charge is -2.08. The molecule has 0 atom stereocenters. The monoisotopic (exact) mass is 349 g/mol. The van der Waals surface area contributed by atoms with Crippen LogP contribution in [0.5, 0.6) is 5.75 Å². The zero-order valence-electron chi connectivity index (χ0n) is 14.1. The molecule has 132 valence electrons. The third kappa shape index (κ3) is 4.60. The van der Waals surface area contributed by atoms with Gasteiger partial charge in [0.25, 0.3) is 5.91 Å². The van der Waals surface area contributed by atoms with Crippen LogP contribution < -0.4 is 10.1 Å². The van der Waals surface area contributed by atoms with Crippen molar-refractivity contribution in [3.8, 4) is 5.75 Å². The molecule has 3 aromatic rings. The summed E-state index contributed by atoms with van der Waals surface area (Å²) in [5, 5.41) is 13.3. The number of ether oxygens (including phenoxy) is 1. The number of carbonyl (C=O) groups is 2. The van der Waals surface area contributed by atoms with E-state index in [0.29, 0.717) is 17.9 Å². The van der Waals surface area contributed by atoms with Crippen molar-refractivity contribution in [1.82, 2.24) is 5.32 Å². The van der Waals surface area contributed by atoms with Gasteiger partial charge in [0.15, 0.2) is 0 Å². The van der Waals surface area contributed by atoms with Crippen molar-refractivity contribution >= 4 is 22.6 Å². The Balaban J connectivity index is 1.52. The van der Waals surface area contributed by atoms with Crippen LogP contribution in [0.4, 0.5) is 0 Å². The quantitative estimate of drug-likeness (QED) is 0.686. The molecule has 0 fully saturated rings. The number of hydrogen-bond donors (Lipinski definition) is 2. The van der Waals surface area contributed by atoms with Crippen LogP contribution in [0.3, 0.4) is 0 Å². The molecule has 5 nitrogen and oxygen atoms in total. The molecule has 0 spiro atoms. The number of rotatable bonds is 7. The fraction of sp³-hybridized carbons (Fsp3) is 0.143. The van der Waals surface area contributed by atoms with Gasteiger partial charge in [0.2, 0.25) is 0 Å². The standard InChI is InChI=1S/C21H19NO4/c23-20(24)14-22-21(25)17-7-9-19(10-8-17)26-12-11-15-5-6-16-3-1-2-4-18(16)13-15/h1-10,13H,11-12,14H2,(H,22,25)(H,23,24). The van der Waals surface area contributed by atoms with Crippen LogP contribution in [0.15, 0.2) is 66.7 Å². The number of aliphatic carboxylic acids is 1. The number of nitrogens with one attached hydrogen (secondary N) is 1. The van der Waals surface area contributed by atoms with Crippen molar-refractivity contribution < 1.29 is 19.4 Å². The van der Waals surface area contributed by atoms with E-state index in [1.54, 1.807) is 24.3 Å². The number of fused-ring (bicyclic) bond motifs is 1. The Hall–Kier alpha value is -3.34. The highest BCUT2D eigenvalue weighted by Crippen LogP contribution is 2.17. The lowest BCUT2D eigenvalue weighted by Crippen LogP contribution is -2.29. The minimum atomic E-state index is -1.08. The molecular formula is C21H19NO4. The highest BCUT2D eigenvalue weighted by Gasteiger charge is 2.07. The Morgan fingerprint density at radius 2 is 1.65 bits per heavy atom. The highest BCUT2D eigenvalue weighted by atomic mass is 16.5. The molecule has 3 aromatic carbocycles. The molecule has 1 amide bonds. The fourth-order valence-corrected chi connectivity index (χ4v) is 2.64. The Morgan fingerprint density at radius 3 is 2.38 bits per heavy atom. The normalized spacial score (nSPS) is 10.5. The number of carbonyl (C=O) groups excluding carboxylic acids is 1. The summed E-state index contributed by atoms with van der Waals surface area (Å²) in [4.78, 5) is 22.2. The molecule has 0 saturated carbocycles. The molecule has 0 heterocycles. The van der Waals surface area contributed by atoms with Crippen LogP contribution >= 0.6 is 0 Å². The van der Waals surface area contributed by atoms with Crippen LogP contribution in [-0.4, -0.2) is 30.1 Å². The first kappa shape index (κ1) is 17.5. The van der Waals surface area contributed by atoms with E-state index in [1.807, 2.05) is 12.1 Å². The largest absolute Gasteiger partial charge is 0.493 e. The van der Waals surface area contributed by atoms with Crippen molar-refractivity contribution in [2.75, 3.05) is 13.2 Å². The van der Waals surface area contributed by atoms with Crippen LogP contribution in [0, 0.1) is 0 Å². The van der Waals surface area contributed by atoms with Crippen molar-refractivity contribution in [2.24, 2.45) is 0 Å². The molecule has 2 N–H and O–H groups in total. The topological polar surface area (TPSA) is 75.6 Å². The molecule has 3 rings (SSSR count). The summed E-state index contributed by atoms with van der Waals surface area (Å²) < 4.78 is 5.73. The van der Waals surface area contributed by atoms with Gasteiger partial charge in [-0.2, -0.15) is 0 Å². The fourth-order valence-electron chi connectivity index (χ4n) is 2.64. The van der Waals surface area contributed by atoms with Gasteiger partial charge in [-0.3, -0.25) is 9.59 Å². The molecule has 5 heteroatoms. The molecule has 0 bridgehead atoms. The first-order chi connectivity index (χ1) is 12.6. The minimum Gasteiger partial charge on any atom is -0.493 e. The average molecular weight is 349 g/mol. The molecule has 0 radical (unpaired) electrons. The summed E-state index contributed by atoms with van der Waals surface area (Å²) in [5.74, 6) is -0.831. The number of benzene rings is 3. The molecule has 26 heavy (non-hydrogen) atoms. The van der Waals surface area contributed by atoms with Crippen molar-refractivity contribution in [1.29, 1.82) is 0 Å². The summed E-state index contributed by atoms with van der Waals surface area (Å²) in [6, 6.07) is 21.2. The summed E-state index contributed by atoms with van der Waals surface area (Å²) in [6.07, 6.45) is 0.783. The molecule has 0 saturated heterocycles. The zero-order valence-corrected chi connectivity index (χ0v) is 14.1. The van der Waals surface area contributed by atoms with Gasteiger partial charge in [0.05, 0.1) is 6.61 Å². The van der Waals surface area contributed by atoms with Crippen LogP contribution in [0.25, 0.3) is 10.8 Å². The first-order valence-corrected chi connectivity index (χ1v) is 8.32. The second-order valence-corrected chi connectivity index (χ2v) is 5.88. The first-order valence-electron chi connectivity index (χ1n) is 8.32. The van der Waals surface area contributed by atoms with Gasteiger partial charge in [0.1, 0.15) is 12.3 Å².